The van der Waals surface area contributed by atoms with Gasteiger partial charge in [0, 0.05) is 5.56 Å². The van der Waals surface area contributed by atoms with Crippen LogP contribution in [0.1, 0.15) is 34.0 Å². The predicted octanol–water partition coefficient (Wildman–Crippen LogP) is 4.80. The molecule has 1 aromatic heterocycles. The minimum absolute atomic E-state index is 0.132. The Morgan fingerprint density at radius 1 is 1.31 bits per heavy atom. The van der Waals surface area contributed by atoms with E-state index in [0.29, 0.717) is 33.0 Å². The van der Waals surface area contributed by atoms with Crippen molar-refractivity contribution in [1.29, 1.82) is 0 Å². The van der Waals surface area contributed by atoms with E-state index < -0.39 is 17.6 Å². The number of hydrogen-bond donors (Lipinski definition) is 0. The summed E-state index contributed by atoms with van der Waals surface area (Å²) in [5, 5.41) is 1.81. The number of esters is 1. The zero-order chi connectivity index (χ0) is 18.4. The van der Waals surface area contributed by atoms with Crippen LogP contribution >= 0.6 is 11.3 Å². The van der Waals surface area contributed by atoms with Gasteiger partial charge in [-0.25, -0.2) is 18.6 Å². The highest BCUT2D eigenvalue weighted by Crippen LogP contribution is 2.40. The van der Waals surface area contributed by atoms with Crippen LogP contribution in [0.2, 0.25) is 0 Å². The number of epoxide rings is 1. The van der Waals surface area contributed by atoms with Gasteiger partial charge in [-0.2, -0.15) is 0 Å². The van der Waals surface area contributed by atoms with Crippen molar-refractivity contribution in [2.45, 2.75) is 20.0 Å². The number of halogens is 2. The summed E-state index contributed by atoms with van der Waals surface area (Å²) >= 11 is 1.22. The van der Waals surface area contributed by atoms with Gasteiger partial charge in [0.25, 0.3) is 0 Å². The van der Waals surface area contributed by atoms with Gasteiger partial charge in [0.1, 0.15) is 16.0 Å². The second-order valence-corrected chi connectivity index (χ2v) is 7.03. The molecular weight excluding hydrogens is 360 g/mol. The van der Waals surface area contributed by atoms with Crippen LogP contribution in [0.4, 0.5) is 8.78 Å². The van der Waals surface area contributed by atoms with Crippen molar-refractivity contribution in [3.63, 3.8) is 0 Å². The van der Waals surface area contributed by atoms with Crippen molar-refractivity contribution in [2.24, 2.45) is 0 Å². The Hall–Kier alpha value is -2.38. The molecular formula is C19H15F2NO3S. The molecule has 0 saturated carbocycles. The van der Waals surface area contributed by atoms with Gasteiger partial charge >= 0.3 is 5.97 Å². The first kappa shape index (κ1) is 17.1. The standard InChI is InChI=1S/C19H15F2NO3S/c1-3-24-19(23)17-9(2)22-18(26-17)11-4-10-6-14(20)15(21)7-12(10)13(5-11)16-8-25-16/h4-7,16H,3,8H2,1-2H3. The van der Waals surface area contributed by atoms with E-state index in [-0.39, 0.29) is 12.7 Å². The zero-order valence-corrected chi connectivity index (χ0v) is 15.0. The SMILES string of the molecule is CCOC(=O)c1sc(-c2cc(C3CO3)c3cc(F)c(F)cc3c2)nc1C. The first-order valence-corrected chi connectivity index (χ1v) is 8.98. The molecule has 2 heterocycles. The van der Waals surface area contributed by atoms with Crippen LogP contribution in [0.3, 0.4) is 0 Å². The highest BCUT2D eigenvalue weighted by molar-refractivity contribution is 7.17. The van der Waals surface area contributed by atoms with E-state index in [0.717, 1.165) is 11.1 Å². The third-order valence-electron chi connectivity index (χ3n) is 4.21. The van der Waals surface area contributed by atoms with Crippen LogP contribution < -0.4 is 0 Å². The lowest BCUT2D eigenvalue weighted by atomic mass is 9.98. The molecule has 1 unspecified atom stereocenters. The molecule has 0 radical (unpaired) electrons. The fourth-order valence-electron chi connectivity index (χ4n) is 2.91. The van der Waals surface area contributed by atoms with Crippen molar-refractivity contribution >= 4 is 28.1 Å². The van der Waals surface area contributed by atoms with E-state index in [1.165, 1.54) is 23.5 Å². The molecule has 0 bridgehead atoms. The molecule has 0 aliphatic carbocycles. The molecule has 26 heavy (non-hydrogen) atoms. The lowest BCUT2D eigenvalue weighted by Crippen LogP contribution is -2.03. The Kier molecular flexibility index (Phi) is 4.20. The quantitative estimate of drug-likeness (QED) is 0.486. The first-order chi connectivity index (χ1) is 12.5. The topological polar surface area (TPSA) is 51.7 Å². The summed E-state index contributed by atoms with van der Waals surface area (Å²) in [6.07, 6.45) is -0.132. The van der Waals surface area contributed by atoms with Crippen molar-refractivity contribution in [3.8, 4) is 10.6 Å². The van der Waals surface area contributed by atoms with E-state index in [4.69, 9.17) is 9.47 Å². The van der Waals surface area contributed by atoms with Crippen molar-refractivity contribution in [3.05, 3.63) is 52.0 Å². The minimum Gasteiger partial charge on any atom is -0.462 e. The Morgan fingerprint density at radius 2 is 2.04 bits per heavy atom. The number of aryl methyl sites for hydroxylation is 1. The number of fused-ring (bicyclic) bond motifs is 1. The highest BCUT2D eigenvalue weighted by Gasteiger charge is 2.28. The van der Waals surface area contributed by atoms with E-state index in [1.807, 2.05) is 6.07 Å². The van der Waals surface area contributed by atoms with Crippen LogP contribution in [-0.2, 0) is 9.47 Å². The Balaban J connectivity index is 1.86. The molecule has 1 aliphatic rings. The zero-order valence-electron chi connectivity index (χ0n) is 14.1. The minimum atomic E-state index is -0.903. The van der Waals surface area contributed by atoms with Gasteiger partial charge < -0.3 is 9.47 Å². The van der Waals surface area contributed by atoms with Crippen molar-refractivity contribution in [2.75, 3.05) is 13.2 Å². The van der Waals surface area contributed by atoms with E-state index >= 15 is 0 Å². The predicted molar refractivity (Wildman–Crippen MR) is 94.4 cm³/mol. The lowest BCUT2D eigenvalue weighted by Gasteiger charge is -2.08. The smallest absolute Gasteiger partial charge is 0.350 e. The number of thiazole rings is 1. The maximum atomic E-state index is 13.7. The molecule has 134 valence electrons. The number of rotatable bonds is 4. The number of ether oxygens (including phenoxy) is 2. The molecule has 1 aliphatic heterocycles. The Morgan fingerprint density at radius 3 is 2.73 bits per heavy atom. The van der Waals surface area contributed by atoms with Gasteiger partial charge in [0.15, 0.2) is 11.6 Å². The average Bonchev–Trinajstić information content (AvgIpc) is 3.37. The Labute approximate surface area is 152 Å². The molecule has 0 N–H and O–H groups in total. The first-order valence-electron chi connectivity index (χ1n) is 8.17. The van der Waals surface area contributed by atoms with E-state index in [9.17, 15) is 13.6 Å². The summed E-state index contributed by atoms with van der Waals surface area (Å²) in [5.41, 5.74) is 2.11. The molecule has 1 saturated heterocycles. The van der Waals surface area contributed by atoms with E-state index in [1.54, 1.807) is 19.9 Å². The maximum Gasteiger partial charge on any atom is 0.350 e. The highest BCUT2D eigenvalue weighted by atomic mass is 32.1. The molecule has 2 aromatic carbocycles. The fraction of sp³-hybridized carbons (Fsp3) is 0.263. The van der Waals surface area contributed by atoms with Gasteiger partial charge in [0.05, 0.1) is 18.9 Å². The van der Waals surface area contributed by atoms with Gasteiger partial charge in [-0.05, 0) is 54.4 Å². The molecule has 1 fully saturated rings. The summed E-state index contributed by atoms with van der Waals surface area (Å²) in [4.78, 5) is 16.9. The molecule has 4 nitrogen and oxygen atoms in total. The summed E-state index contributed by atoms with van der Waals surface area (Å²) in [5.74, 6) is -2.20. The number of aromatic nitrogens is 1. The van der Waals surface area contributed by atoms with Crippen LogP contribution in [0.15, 0.2) is 24.3 Å². The molecule has 4 rings (SSSR count). The molecule has 1 atom stereocenters. The van der Waals surface area contributed by atoms with Crippen LogP contribution in [0.25, 0.3) is 21.3 Å². The molecule has 7 heteroatoms. The van der Waals surface area contributed by atoms with Gasteiger partial charge in [-0.15, -0.1) is 11.3 Å². The van der Waals surface area contributed by atoms with Gasteiger partial charge in [-0.1, -0.05) is 0 Å². The summed E-state index contributed by atoms with van der Waals surface area (Å²) in [7, 11) is 0. The maximum absolute atomic E-state index is 13.7. The molecule has 0 spiro atoms. The molecule has 0 amide bonds. The monoisotopic (exact) mass is 375 g/mol. The summed E-state index contributed by atoms with van der Waals surface area (Å²) in [6, 6.07) is 5.98. The second-order valence-electron chi connectivity index (χ2n) is 6.03. The number of hydrogen-bond acceptors (Lipinski definition) is 5. The number of carbonyl (C=O) groups is 1. The van der Waals surface area contributed by atoms with Gasteiger partial charge in [0.2, 0.25) is 0 Å². The normalized spacial score (nSPS) is 16.1. The van der Waals surface area contributed by atoms with Gasteiger partial charge in [-0.3, -0.25) is 0 Å². The average molecular weight is 375 g/mol. The van der Waals surface area contributed by atoms with Crippen LogP contribution in [0.5, 0.6) is 0 Å². The fourth-order valence-corrected chi connectivity index (χ4v) is 3.86. The van der Waals surface area contributed by atoms with Crippen LogP contribution in [0, 0.1) is 18.6 Å². The number of carbonyl (C=O) groups excluding carboxylic acids is 1. The van der Waals surface area contributed by atoms with Crippen LogP contribution in [-0.4, -0.2) is 24.2 Å². The van der Waals surface area contributed by atoms with Crippen molar-refractivity contribution in [1.82, 2.24) is 4.98 Å². The number of nitrogens with zero attached hydrogens (tertiary/aromatic N) is 1. The second kappa shape index (κ2) is 6.41. The van der Waals surface area contributed by atoms with Crippen molar-refractivity contribution < 1.29 is 23.0 Å². The number of benzene rings is 2. The summed E-state index contributed by atoms with van der Waals surface area (Å²) in [6.45, 7) is 4.32. The lowest BCUT2D eigenvalue weighted by molar-refractivity contribution is 0.0531. The summed E-state index contributed by atoms with van der Waals surface area (Å²) < 4.78 is 37.8. The van der Waals surface area contributed by atoms with E-state index in [2.05, 4.69) is 4.98 Å². The third kappa shape index (κ3) is 2.97. The molecule has 3 aromatic rings. The largest absolute Gasteiger partial charge is 0.462 e. The Bertz CT molecular complexity index is 1030. The third-order valence-corrected chi connectivity index (χ3v) is 5.40.